The van der Waals surface area contributed by atoms with Crippen molar-refractivity contribution in [3.63, 3.8) is 0 Å². The van der Waals surface area contributed by atoms with Crippen LogP contribution in [0, 0.1) is 0 Å². The number of carbonyl (C=O) groups is 3. The molecule has 0 aliphatic carbocycles. The van der Waals surface area contributed by atoms with Gasteiger partial charge in [0, 0.05) is 5.75 Å². The number of amides is 2. The zero-order valence-corrected chi connectivity index (χ0v) is 13.9. The minimum atomic E-state index is -1.26. The van der Waals surface area contributed by atoms with Crippen molar-refractivity contribution in [2.75, 3.05) is 5.75 Å². The Balaban J connectivity index is 1.71. The maximum Gasteiger partial charge on any atom is 0.353 e. The third-order valence-electron chi connectivity index (χ3n) is 3.86. The molecule has 2 aliphatic rings. The molecule has 1 saturated heterocycles. The topological polar surface area (TPSA) is 113 Å². The zero-order valence-electron chi connectivity index (χ0n) is 12.3. The van der Waals surface area contributed by atoms with Crippen LogP contribution in [0.4, 0.5) is 0 Å². The highest BCUT2D eigenvalue weighted by Gasteiger charge is 2.54. The number of aliphatic carboxylic acids is 1. The minimum absolute atomic E-state index is 0.114. The van der Waals surface area contributed by atoms with Gasteiger partial charge in [0.1, 0.15) is 23.2 Å². The summed E-state index contributed by atoms with van der Waals surface area (Å²) in [5, 5.41) is 11.4. The van der Waals surface area contributed by atoms with E-state index in [1.807, 2.05) is 6.07 Å². The summed E-state index contributed by atoms with van der Waals surface area (Å²) in [5.74, 6) is -1.98. The molecule has 0 aromatic heterocycles. The van der Waals surface area contributed by atoms with Gasteiger partial charge in [0.25, 0.3) is 5.91 Å². The maximum absolute atomic E-state index is 12.3. The number of fused-ring (bicyclic) bond motifs is 1. The van der Waals surface area contributed by atoms with E-state index in [0.717, 1.165) is 4.90 Å². The number of nitrogens with zero attached hydrogens (tertiary/aromatic N) is 1. The van der Waals surface area contributed by atoms with E-state index in [1.165, 1.54) is 11.8 Å². The normalized spacial score (nSPS) is 24.1. The fourth-order valence-corrected chi connectivity index (χ4v) is 4.19. The summed E-state index contributed by atoms with van der Waals surface area (Å²) in [4.78, 5) is 36.9. The number of hydrogen-bond acceptors (Lipinski definition) is 5. The molecule has 9 heteroatoms. The van der Waals surface area contributed by atoms with Crippen LogP contribution in [0.1, 0.15) is 11.6 Å². The summed E-state index contributed by atoms with van der Waals surface area (Å²) < 4.78 is 0. The van der Waals surface area contributed by atoms with E-state index in [0.29, 0.717) is 5.56 Å². The summed E-state index contributed by atoms with van der Waals surface area (Å²) in [5.41, 5.74) is 6.32. The van der Waals surface area contributed by atoms with Crippen molar-refractivity contribution in [2.45, 2.75) is 17.5 Å². The van der Waals surface area contributed by atoms with Gasteiger partial charge in [-0.05, 0) is 5.56 Å². The molecule has 2 amide bonds. The Labute approximate surface area is 146 Å². The van der Waals surface area contributed by atoms with Crippen LogP contribution < -0.4 is 11.1 Å². The van der Waals surface area contributed by atoms with Crippen LogP contribution in [-0.2, 0) is 14.4 Å². The monoisotopic (exact) mass is 367 g/mol. The molecular formula is C15H14ClN3O4S. The van der Waals surface area contributed by atoms with Gasteiger partial charge in [-0.1, -0.05) is 41.9 Å². The average Bonchev–Trinajstić information content (AvgIpc) is 2.59. The number of carboxylic acid groups (broad SMARTS) is 1. The van der Waals surface area contributed by atoms with E-state index in [1.54, 1.807) is 24.3 Å². The Morgan fingerprint density at radius 3 is 2.67 bits per heavy atom. The number of halogens is 1. The smallest absolute Gasteiger partial charge is 0.353 e. The Morgan fingerprint density at radius 1 is 1.38 bits per heavy atom. The number of hydrogen-bond donors (Lipinski definition) is 3. The number of nitrogens with one attached hydrogen (secondary N) is 1. The fourth-order valence-electron chi connectivity index (χ4n) is 2.64. The minimum Gasteiger partial charge on any atom is -0.477 e. The number of thioether (sulfide) groups is 1. The second-order valence-corrected chi connectivity index (χ2v) is 6.90. The molecule has 1 aromatic rings. The second-order valence-electron chi connectivity index (χ2n) is 5.34. The first-order valence-corrected chi connectivity index (χ1v) is 8.52. The number of β-lactam (4-membered cyclic amide) rings is 1. The Kier molecular flexibility index (Phi) is 4.53. The maximum atomic E-state index is 12.3. The Morgan fingerprint density at radius 2 is 2.04 bits per heavy atom. The van der Waals surface area contributed by atoms with E-state index in [2.05, 4.69) is 5.32 Å². The average molecular weight is 368 g/mol. The van der Waals surface area contributed by atoms with Gasteiger partial charge in [-0.3, -0.25) is 14.5 Å². The summed E-state index contributed by atoms with van der Waals surface area (Å²) in [7, 11) is 0. The van der Waals surface area contributed by atoms with E-state index in [4.69, 9.17) is 17.3 Å². The summed E-state index contributed by atoms with van der Waals surface area (Å²) in [6.07, 6.45) is 0. The van der Waals surface area contributed by atoms with Crippen LogP contribution >= 0.6 is 23.4 Å². The lowest BCUT2D eigenvalue weighted by Gasteiger charge is -2.48. The molecular weight excluding hydrogens is 354 g/mol. The van der Waals surface area contributed by atoms with Gasteiger partial charge in [0.15, 0.2) is 0 Å². The molecule has 3 rings (SSSR count). The van der Waals surface area contributed by atoms with Gasteiger partial charge in [-0.25, -0.2) is 4.79 Å². The molecule has 7 nitrogen and oxygen atoms in total. The highest BCUT2D eigenvalue weighted by molar-refractivity contribution is 8.00. The van der Waals surface area contributed by atoms with Crippen LogP contribution in [0.25, 0.3) is 0 Å². The molecule has 2 heterocycles. The number of nitrogens with two attached hydrogens (primary N) is 1. The second kappa shape index (κ2) is 6.46. The lowest BCUT2D eigenvalue weighted by molar-refractivity contribution is -0.150. The number of carboxylic acids is 1. The molecule has 126 valence electrons. The quantitative estimate of drug-likeness (QED) is 0.672. The molecule has 0 spiro atoms. The Bertz CT molecular complexity index is 739. The molecule has 3 atom stereocenters. The first kappa shape index (κ1) is 16.8. The predicted octanol–water partition coefficient (Wildman–Crippen LogP) is 0.621. The van der Waals surface area contributed by atoms with Crippen LogP contribution in [0.2, 0.25) is 0 Å². The largest absolute Gasteiger partial charge is 0.477 e. The van der Waals surface area contributed by atoms with Crippen LogP contribution in [0.5, 0.6) is 0 Å². The van der Waals surface area contributed by atoms with E-state index >= 15 is 0 Å². The van der Waals surface area contributed by atoms with Gasteiger partial charge in [0.2, 0.25) is 5.91 Å². The third kappa shape index (κ3) is 2.77. The summed E-state index contributed by atoms with van der Waals surface area (Å²) in [6.45, 7) is 0. The fraction of sp³-hybridized carbons (Fsp3) is 0.267. The molecule has 0 bridgehead atoms. The molecule has 2 aliphatic heterocycles. The number of rotatable bonds is 4. The van der Waals surface area contributed by atoms with E-state index in [9.17, 15) is 19.5 Å². The molecule has 1 aromatic carbocycles. The number of benzene rings is 1. The van der Waals surface area contributed by atoms with Gasteiger partial charge in [-0.2, -0.15) is 0 Å². The van der Waals surface area contributed by atoms with Gasteiger partial charge in [-0.15, -0.1) is 11.8 Å². The number of carbonyl (C=O) groups excluding carboxylic acids is 2. The first-order valence-electron chi connectivity index (χ1n) is 7.09. The molecule has 4 N–H and O–H groups in total. The van der Waals surface area contributed by atoms with Crippen molar-refractivity contribution < 1.29 is 19.5 Å². The highest BCUT2D eigenvalue weighted by atomic mass is 35.5. The van der Waals surface area contributed by atoms with Crippen LogP contribution in [0.3, 0.4) is 0 Å². The van der Waals surface area contributed by atoms with Crippen molar-refractivity contribution in [3.8, 4) is 0 Å². The van der Waals surface area contributed by atoms with Crippen molar-refractivity contribution in [1.29, 1.82) is 0 Å². The first-order chi connectivity index (χ1) is 11.4. The molecule has 24 heavy (non-hydrogen) atoms. The molecule has 1 fully saturated rings. The lowest BCUT2D eigenvalue weighted by atomic mass is 10.0. The standard InChI is InChI=1S/C15H14ClN3O4S/c16-8-6-24-14-10(13(21)19(14)11(8)15(22)23)18-12(20)9(17)7-4-2-1-3-5-7/h1-5,9-10,14H,6,17H2,(H,18,20)(H,22,23)/t9-,10?,14-/m0/s1. The highest BCUT2D eigenvalue weighted by Crippen LogP contribution is 2.41. The van der Waals surface area contributed by atoms with E-state index < -0.39 is 35.2 Å². The zero-order chi connectivity index (χ0) is 17.4. The summed E-state index contributed by atoms with van der Waals surface area (Å²) >= 11 is 7.20. The van der Waals surface area contributed by atoms with Crippen molar-refractivity contribution in [1.82, 2.24) is 10.2 Å². The van der Waals surface area contributed by atoms with Crippen molar-refractivity contribution in [2.24, 2.45) is 5.73 Å². The SMILES string of the molecule is N[C@H](C(=O)NC1C(=O)N2C(C(=O)O)=C(Cl)CS[C@@H]12)c1ccccc1. The van der Waals surface area contributed by atoms with Gasteiger partial charge in [0.05, 0.1) is 5.03 Å². The lowest BCUT2D eigenvalue weighted by Crippen LogP contribution is -2.70. The van der Waals surface area contributed by atoms with Gasteiger partial charge < -0.3 is 16.2 Å². The van der Waals surface area contributed by atoms with Crippen LogP contribution in [0.15, 0.2) is 41.1 Å². The van der Waals surface area contributed by atoms with Gasteiger partial charge >= 0.3 is 5.97 Å². The van der Waals surface area contributed by atoms with Crippen molar-refractivity contribution >= 4 is 41.1 Å². The van der Waals surface area contributed by atoms with Crippen LogP contribution in [-0.4, -0.2) is 45.0 Å². The summed E-state index contributed by atoms with van der Waals surface area (Å²) in [6, 6.07) is 7.07. The molecule has 1 unspecified atom stereocenters. The molecule has 0 saturated carbocycles. The van der Waals surface area contributed by atoms with E-state index in [-0.39, 0.29) is 16.5 Å². The Hall–Kier alpha value is -2.03. The predicted molar refractivity (Wildman–Crippen MR) is 88.9 cm³/mol. The molecule has 0 radical (unpaired) electrons. The third-order valence-corrected chi connectivity index (χ3v) is 5.61. The van der Waals surface area contributed by atoms with Crippen molar-refractivity contribution in [3.05, 3.63) is 46.6 Å².